The molecule has 1 N–H and O–H groups in total. The van der Waals surface area contributed by atoms with E-state index in [2.05, 4.69) is 44.4 Å². The summed E-state index contributed by atoms with van der Waals surface area (Å²) in [5, 5.41) is 9.96. The van der Waals surface area contributed by atoms with Crippen molar-refractivity contribution in [2.45, 2.75) is 51.7 Å². The zero-order valence-electron chi connectivity index (χ0n) is 12.9. The Morgan fingerprint density at radius 2 is 1.95 bits per heavy atom. The topological polar surface area (TPSA) is 23.5 Å². The van der Waals surface area contributed by atoms with Crippen LogP contribution in [0.3, 0.4) is 0 Å². The molecule has 1 heterocycles. The lowest BCUT2D eigenvalue weighted by Gasteiger charge is -2.42. The smallest absolute Gasteiger partial charge is 0.0628 e. The molecule has 0 aromatic heterocycles. The predicted octanol–water partition coefficient (Wildman–Crippen LogP) is 3.79. The number of aliphatic hydroxyl groups excluding tert-OH is 1. The first-order chi connectivity index (χ1) is 9.49. The van der Waals surface area contributed by atoms with Gasteiger partial charge in [0.2, 0.25) is 0 Å². The summed E-state index contributed by atoms with van der Waals surface area (Å²) in [6.45, 7) is 11.0. The van der Waals surface area contributed by atoms with Crippen molar-refractivity contribution in [2.75, 3.05) is 6.61 Å². The molecule has 2 rings (SSSR count). The van der Waals surface area contributed by atoms with Gasteiger partial charge < -0.3 is 5.11 Å². The second-order valence-electron chi connectivity index (χ2n) is 6.82. The molecule has 0 spiro atoms. The Hall–Kier alpha value is -1.12. The third-order valence-corrected chi connectivity index (χ3v) is 4.47. The number of rotatable bonds is 4. The molecule has 1 aromatic rings. The van der Waals surface area contributed by atoms with E-state index in [-0.39, 0.29) is 18.1 Å². The van der Waals surface area contributed by atoms with Crippen LogP contribution in [-0.4, -0.2) is 28.7 Å². The molecule has 0 aliphatic carbocycles. The molecule has 0 amide bonds. The van der Waals surface area contributed by atoms with Gasteiger partial charge in [-0.25, -0.2) is 0 Å². The quantitative estimate of drug-likeness (QED) is 0.844. The van der Waals surface area contributed by atoms with E-state index in [0.29, 0.717) is 12.1 Å². The maximum absolute atomic E-state index is 9.96. The normalized spacial score (nSPS) is 25.6. The van der Waals surface area contributed by atoms with Crippen LogP contribution in [0.2, 0.25) is 0 Å². The van der Waals surface area contributed by atoms with Gasteiger partial charge in [0.05, 0.1) is 12.6 Å². The van der Waals surface area contributed by atoms with Gasteiger partial charge in [-0.05, 0) is 23.8 Å². The van der Waals surface area contributed by atoms with Gasteiger partial charge in [0, 0.05) is 12.1 Å². The minimum atomic E-state index is 0.0610. The average Bonchev–Trinajstić information content (AvgIpc) is 2.85. The highest BCUT2D eigenvalue weighted by atomic mass is 16.3. The van der Waals surface area contributed by atoms with E-state index in [1.807, 2.05) is 24.3 Å². The van der Waals surface area contributed by atoms with Crippen molar-refractivity contribution in [3.05, 3.63) is 48.6 Å². The zero-order chi connectivity index (χ0) is 14.8. The monoisotopic (exact) mass is 273 g/mol. The summed E-state index contributed by atoms with van der Waals surface area (Å²) in [5.74, 6) is 0. The first kappa shape index (κ1) is 15.3. The van der Waals surface area contributed by atoms with Gasteiger partial charge in [-0.1, -0.05) is 57.2 Å². The summed E-state index contributed by atoms with van der Waals surface area (Å²) in [6, 6.07) is 11.2. The van der Waals surface area contributed by atoms with Crippen LogP contribution in [-0.2, 0) is 0 Å². The number of benzene rings is 1. The van der Waals surface area contributed by atoms with E-state index in [4.69, 9.17) is 0 Å². The molecule has 1 aromatic carbocycles. The maximum atomic E-state index is 9.96. The van der Waals surface area contributed by atoms with E-state index in [9.17, 15) is 5.11 Å². The molecule has 3 atom stereocenters. The van der Waals surface area contributed by atoms with Crippen molar-refractivity contribution in [1.82, 2.24) is 4.90 Å². The molecule has 0 radical (unpaired) electrons. The Labute approximate surface area is 123 Å². The summed E-state index contributed by atoms with van der Waals surface area (Å²) < 4.78 is 0. The van der Waals surface area contributed by atoms with Crippen molar-refractivity contribution in [3.63, 3.8) is 0 Å². The molecule has 1 aliphatic heterocycles. The molecule has 2 nitrogen and oxygen atoms in total. The molecule has 1 fully saturated rings. The van der Waals surface area contributed by atoms with Crippen molar-refractivity contribution in [1.29, 1.82) is 0 Å². The van der Waals surface area contributed by atoms with Crippen molar-refractivity contribution in [2.24, 2.45) is 5.41 Å². The van der Waals surface area contributed by atoms with Crippen LogP contribution in [0.25, 0.3) is 0 Å². The van der Waals surface area contributed by atoms with Crippen LogP contribution < -0.4 is 0 Å². The first-order valence-electron chi connectivity index (χ1n) is 7.55. The molecular weight excluding hydrogens is 246 g/mol. The van der Waals surface area contributed by atoms with E-state index >= 15 is 0 Å². The molecule has 20 heavy (non-hydrogen) atoms. The number of nitrogens with zero attached hydrogens (tertiary/aromatic N) is 1. The summed E-state index contributed by atoms with van der Waals surface area (Å²) in [6.07, 6.45) is 4.34. The molecule has 1 aliphatic rings. The summed E-state index contributed by atoms with van der Waals surface area (Å²) in [5.41, 5.74) is 1.40. The molecule has 1 saturated heterocycles. The van der Waals surface area contributed by atoms with Crippen LogP contribution in [0.4, 0.5) is 0 Å². The van der Waals surface area contributed by atoms with Crippen LogP contribution in [0.15, 0.2) is 43.0 Å². The fourth-order valence-electron chi connectivity index (χ4n) is 3.47. The average molecular weight is 273 g/mol. The lowest BCUT2D eigenvalue weighted by atomic mass is 9.84. The zero-order valence-corrected chi connectivity index (χ0v) is 12.9. The number of hydrogen-bond acceptors (Lipinski definition) is 2. The molecule has 0 saturated carbocycles. The van der Waals surface area contributed by atoms with Gasteiger partial charge in [-0.15, -0.1) is 6.58 Å². The highest BCUT2D eigenvalue weighted by molar-refractivity contribution is 5.21. The van der Waals surface area contributed by atoms with Crippen LogP contribution in [0.5, 0.6) is 0 Å². The number of likely N-dealkylation sites (tertiary alicyclic amines) is 1. The second-order valence-corrected chi connectivity index (χ2v) is 6.82. The molecule has 110 valence electrons. The third-order valence-electron chi connectivity index (χ3n) is 4.47. The first-order valence-corrected chi connectivity index (χ1v) is 7.55. The Kier molecular flexibility index (Phi) is 4.66. The van der Waals surface area contributed by atoms with E-state index < -0.39 is 0 Å². The van der Waals surface area contributed by atoms with E-state index in [1.165, 1.54) is 12.0 Å². The van der Waals surface area contributed by atoms with Crippen LogP contribution in [0.1, 0.15) is 45.2 Å². The van der Waals surface area contributed by atoms with E-state index in [1.54, 1.807) is 0 Å². The van der Waals surface area contributed by atoms with Gasteiger partial charge in [-0.2, -0.15) is 0 Å². The molecule has 0 bridgehead atoms. The van der Waals surface area contributed by atoms with Crippen molar-refractivity contribution < 1.29 is 5.11 Å². The lowest BCUT2D eigenvalue weighted by Crippen LogP contribution is -2.45. The summed E-state index contributed by atoms with van der Waals surface area (Å²) >= 11 is 0. The minimum Gasteiger partial charge on any atom is -0.394 e. The Morgan fingerprint density at radius 3 is 2.45 bits per heavy atom. The maximum Gasteiger partial charge on any atom is 0.0628 e. The van der Waals surface area contributed by atoms with Gasteiger partial charge in [0.15, 0.2) is 0 Å². The predicted molar refractivity (Wildman–Crippen MR) is 84.6 cm³/mol. The Morgan fingerprint density at radius 1 is 1.30 bits per heavy atom. The number of aliphatic hydroxyl groups is 1. The van der Waals surface area contributed by atoms with E-state index in [0.717, 1.165) is 6.42 Å². The SMILES string of the molecule is C=C[C@@H]1CC[C@@H](C(C)(C)C)N1[C@H](CO)c1ccccc1. The van der Waals surface area contributed by atoms with Gasteiger partial charge in [-0.3, -0.25) is 4.90 Å². The van der Waals surface area contributed by atoms with Gasteiger partial charge >= 0.3 is 0 Å². The molecular formula is C18H27NO. The minimum absolute atomic E-state index is 0.0610. The summed E-state index contributed by atoms with van der Waals surface area (Å²) in [4.78, 5) is 2.47. The fourth-order valence-corrected chi connectivity index (χ4v) is 3.47. The highest BCUT2D eigenvalue weighted by Crippen LogP contribution is 2.41. The third kappa shape index (κ3) is 2.97. The highest BCUT2D eigenvalue weighted by Gasteiger charge is 2.42. The lowest BCUT2D eigenvalue weighted by molar-refractivity contribution is 0.0449. The van der Waals surface area contributed by atoms with Gasteiger partial charge in [0.1, 0.15) is 0 Å². The molecule has 0 unspecified atom stereocenters. The van der Waals surface area contributed by atoms with Crippen molar-refractivity contribution >= 4 is 0 Å². The Bertz CT molecular complexity index is 434. The standard InChI is InChI=1S/C18H27NO/c1-5-15-11-12-17(18(2,3)4)19(15)16(13-20)14-9-7-6-8-10-14/h5-10,15-17,20H,1,11-13H2,2-4H3/t15-,16-,17+/m1/s1. The van der Waals surface area contributed by atoms with Crippen molar-refractivity contribution in [3.8, 4) is 0 Å². The largest absolute Gasteiger partial charge is 0.394 e. The summed E-state index contributed by atoms with van der Waals surface area (Å²) in [7, 11) is 0. The van der Waals surface area contributed by atoms with Crippen LogP contribution >= 0.6 is 0 Å². The molecule has 2 heteroatoms. The van der Waals surface area contributed by atoms with Crippen LogP contribution in [0, 0.1) is 5.41 Å². The van der Waals surface area contributed by atoms with Gasteiger partial charge in [0.25, 0.3) is 0 Å². The fraction of sp³-hybridized carbons (Fsp3) is 0.556. The number of hydrogen-bond donors (Lipinski definition) is 1. The Balaban J connectivity index is 2.35. The second kappa shape index (κ2) is 6.11.